The van der Waals surface area contributed by atoms with Crippen LogP contribution in [0.25, 0.3) is 10.9 Å². The predicted molar refractivity (Wildman–Crippen MR) is 94.6 cm³/mol. The minimum atomic E-state index is -0.328. The smallest absolute Gasteiger partial charge is 0.217 e. The second-order valence-electron chi connectivity index (χ2n) is 5.65. The van der Waals surface area contributed by atoms with Crippen LogP contribution in [0.3, 0.4) is 0 Å². The molecule has 0 aliphatic heterocycles. The van der Waals surface area contributed by atoms with Crippen molar-refractivity contribution < 1.29 is 4.79 Å². The summed E-state index contributed by atoms with van der Waals surface area (Å²) in [5, 5.41) is 10.4. The summed E-state index contributed by atoms with van der Waals surface area (Å²) in [5.74, 6) is 1.23. The molecule has 3 rings (SSSR count). The third-order valence-corrected chi connectivity index (χ3v) is 4.88. The van der Waals surface area contributed by atoms with Gasteiger partial charge in [-0.25, -0.2) is 0 Å². The molecule has 0 spiro atoms. The maximum atomic E-state index is 10.9. The highest BCUT2D eigenvalue weighted by Crippen LogP contribution is 2.26. The molecule has 24 heavy (non-hydrogen) atoms. The van der Waals surface area contributed by atoms with Crippen LogP contribution in [0, 0.1) is 6.92 Å². The first-order valence-corrected chi connectivity index (χ1v) is 8.68. The first kappa shape index (κ1) is 16.4. The Bertz CT molecular complexity index is 890. The van der Waals surface area contributed by atoms with Crippen LogP contribution in [0.2, 0.25) is 0 Å². The number of aromatic nitrogens is 4. The highest BCUT2D eigenvalue weighted by atomic mass is 32.2. The number of pyridine rings is 1. The van der Waals surface area contributed by atoms with Gasteiger partial charge < -0.3 is 10.3 Å². The Morgan fingerprint density at radius 1 is 1.29 bits per heavy atom. The van der Waals surface area contributed by atoms with Crippen molar-refractivity contribution in [2.24, 2.45) is 12.8 Å². The van der Waals surface area contributed by atoms with Crippen molar-refractivity contribution in [2.45, 2.75) is 30.7 Å². The lowest BCUT2D eigenvalue weighted by Crippen LogP contribution is -2.12. The molecule has 6 nitrogen and oxygen atoms in total. The van der Waals surface area contributed by atoms with E-state index in [0.717, 1.165) is 33.3 Å². The summed E-state index contributed by atoms with van der Waals surface area (Å²) in [6.07, 6.45) is 0.793. The molecule has 0 bridgehead atoms. The minimum Gasteiger partial charge on any atom is -0.370 e. The van der Waals surface area contributed by atoms with Crippen LogP contribution in [-0.2, 0) is 24.0 Å². The largest absolute Gasteiger partial charge is 0.370 e. The summed E-state index contributed by atoms with van der Waals surface area (Å²) in [6, 6.07) is 10.3. The van der Waals surface area contributed by atoms with E-state index in [9.17, 15) is 4.79 Å². The number of hydrogen-bond acceptors (Lipinski definition) is 5. The lowest BCUT2D eigenvalue weighted by atomic mass is 10.1. The molecule has 3 aromatic rings. The number of rotatable bonds is 6. The molecular formula is C17H19N5OS. The van der Waals surface area contributed by atoms with Gasteiger partial charge in [-0.15, -0.1) is 10.2 Å². The van der Waals surface area contributed by atoms with Gasteiger partial charge in [0.05, 0.1) is 5.52 Å². The number of benzene rings is 1. The second-order valence-corrected chi connectivity index (χ2v) is 6.60. The lowest BCUT2D eigenvalue weighted by Gasteiger charge is -2.08. The monoisotopic (exact) mass is 341 g/mol. The highest BCUT2D eigenvalue weighted by Gasteiger charge is 2.11. The van der Waals surface area contributed by atoms with E-state index in [2.05, 4.69) is 27.3 Å². The van der Waals surface area contributed by atoms with Crippen LogP contribution in [0.4, 0.5) is 0 Å². The second kappa shape index (κ2) is 7.00. The fourth-order valence-electron chi connectivity index (χ4n) is 2.58. The summed E-state index contributed by atoms with van der Waals surface area (Å²) in [5.41, 5.74) is 8.43. The number of hydrogen-bond donors (Lipinski definition) is 1. The fourth-order valence-corrected chi connectivity index (χ4v) is 3.50. The van der Waals surface area contributed by atoms with E-state index in [4.69, 9.17) is 5.73 Å². The van der Waals surface area contributed by atoms with E-state index in [-0.39, 0.29) is 12.3 Å². The summed E-state index contributed by atoms with van der Waals surface area (Å²) in [4.78, 5) is 15.5. The summed E-state index contributed by atoms with van der Waals surface area (Å²) < 4.78 is 1.92. The fraction of sp³-hybridized carbons (Fsp3) is 0.294. The molecule has 2 N–H and O–H groups in total. The highest BCUT2D eigenvalue weighted by molar-refractivity contribution is 7.98. The van der Waals surface area contributed by atoms with Gasteiger partial charge in [-0.2, -0.15) is 0 Å². The third kappa shape index (κ3) is 3.56. The Morgan fingerprint density at radius 2 is 2.08 bits per heavy atom. The molecule has 0 aliphatic carbocycles. The summed E-state index contributed by atoms with van der Waals surface area (Å²) in [6.45, 7) is 2.00. The van der Waals surface area contributed by atoms with E-state index in [1.54, 1.807) is 11.8 Å². The zero-order valence-corrected chi connectivity index (χ0v) is 14.5. The first-order valence-electron chi connectivity index (χ1n) is 7.69. The Morgan fingerprint density at radius 3 is 2.88 bits per heavy atom. The van der Waals surface area contributed by atoms with Crippen LogP contribution in [0.15, 0.2) is 35.5 Å². The Hall–Kier alpha value is -2.41. The van der Waals surface area contributed by atoms with Crippen LogP contribution in [0.1, 0.15) is 23.5 Å². The van der Waals surface area contributed by atoms with Crippen molar-refractivity contribution in [1.29, 1.82) is 0 Å². The molecule has 0 atom stereocenters. The lowest BCUT2D eigenvalue weighted by molar-refractivity contribution is -0.118. The van der Waals surface area contributed by atoms with E-state index < -0.39 is 0 Å². The summed E-state index contributed by atoms with van der Waals surface area (Å²) >= 11 is 1.62. The van der Waals surface area contributed by atoms with Gasteiger partial charge in [0.2, 0.25) is 5.91 Å². The number of carbonyl (C=O) groups is 1. The number of primary amides is 1. The van der Waals surface area contributed by atoms with Crippen molar-refractivity contribution in [1.82, 2.24) is 19.7 Å². The van der Waals surface area contributed by atoms with Crippen LogP contribution >= 0.6 is 11.8 Å². The molecule has 0 aliphatic rings. The normalized spacial score (nSPS) is 11.1. The van der Waals surface area contributed by atoms with Crippen LogP contribution < -0.4 is 5.73 Å². The average molecular weight is 341 g/mol. The molecule has 7 heteroatoms. The van der Waals surface area contributed by atoms with E-state index in [1.165, 1.54) is 5.56 Å². The van der Waals surface area contributed by atoms with E-state index >= 15 is 0 Å². The van der Waals surface area contributed by atoms with Crippen LogP contribution in [-0.4, -0.2) is 25.7 Å². The Labute approximate surface area is 144 Å². The maximum absolute atomic E-state index is 10.9. The number of carbonyl (C=O) groups excluding carboxylic acids is 1. The molecular weight excluding hydrogens is 322 g/mol. The summed E-state index contributed by atoms with van der Waals surface area (Å²) in [7, 11) is 1.91. The molecule has 0 saturated heterocycles. The van der Waals surface area contributed by atoms with Crippen molar-refractivity contribution in [3.8, 4) is 0 Å². The standard InChI is InChI=1S/C17H19N5OS/c1-11-9-12(13-5-3-4-6-14(13)19-11)10-24-17-21-20-16(22(17)2)8-7-15(18)23/h3-6,9H,7-8,10H2,1-2H3,(H2,18,23). The Balaban J connectivity index is 1.78. The van der Waals surface area contributed by atoms with Crippen molar-refractivity contribution >= 4 is 28.6 Å². The number of aryl methyl sites for hydroxylation is 2. The first-order chi connectivity index (χ1) is 11.5. The van der Waals surface area contributed by atoms with Crippen LogP contribution in [0.5, 0.6) is 0 Å². The van der Waals surface area contributed by atoms with E-state index in [1.807, 2.05) is 36.7 Å². The SMILES string of the molecule is Cc1cc(CSc2nnc(CCC(N)=O)n2C)c2ccccc2n1. The van der Waals surface area contributed by atoms with Gasteiger partial charge in [0.15, 0.2) is 5.16 Å². The number of nitrogens with two attached hydrogens (primary N) is 1. The average Bonchev–Trinajstić information content (AvgIpc) is 2.90. The molecule has 1 amide bonds. The topological polar surface area (TPSA) is 86.7 Å². The molecule has 0 fully saturated rings. The van der Waals surface area contributed by atoms with Gasteiger partial charge >= 0.3 is 0 Å². The quantitative estimate of drug-likeness (QED) is 0.696. The third-order valence-electron chi connectivity index (χ3n) is 3.81. The molecule has 0 unspecified atom stereocenters. The maximum Gasteiger partial charge on any atom is 0.217 e. The zero-order chi connectivity index (χ0) is 17.1. The van der Waals surface area contributed by atoms with Gasteiger partial charge in [-0.1, -0.05) is 30.0 Å². The van der Waals surface area contributed by atoms with Crippen molar-refractivity contribution in [2.75, 3.05) is 0 Å². The molecule has 0 radical (unpaired) electrons. The van der Waals surface area contributed by atoms with Gasteiger partial charge in [0, 0.05) is 36.7 Å². The van der Waals surface area contributed by atoms with E-state index in [0.29, 0.717) is 6.42 Å². The van der Waals surface area contributed by atoms with Crippen molar-refractivity contribution in [3.05, 3.63) is 47.4 Å². The number of fused-ring (bicyclic) bond motifs is 1. The number of thioether (sulfide) groups is 1. The molecule has 1 aromatic carbocycles. The Kier molecular flexibility index (Phi) is 4.80. The molecule has 0 saturated carbocycles. The zero-order valence-electron chi connectivity index (χ0n) is 13.7. The molecule has 124 valence electrons. The number of nitrogens with zero attached hydrogens (tertiary/aromatic N) is 4. The molecule has 2 aromatic heterocycles. The van der Waals surface area contributed by atoms with Gasteiger partial charge in [0.1, 0.15) is 5.82 Å². The van der Waals surface area contributed by atoms with Gasteiger partial charge in [0.25, 0.3) is 0 Å². The van der Waals surface area contributed by atoms with Gasteiger partial charge in [-0.05, 0) is 24.6 Å². The number of amides is 1. The van der Waals surface area contributed by atoms with Crippen molar-refractivity contribution in [3.63, 3.8) is 0 Å². The number of para-hydroxylation sites is 1. The predicted octanol–water partition coefficient (Wildman–Crippen LogP) is 2.38. The molecule has 2 heterocycles. The minimum absolute atomic E-state index is 0.283. The van der Waals surface area contributed by atoms with Gasteiger partial charge in [-0.3, -0.25) is 9.78 Å².